The zero-order valence-corrected chi connectivity index (χ0v) is 15.8. The average Bonchev–Trinajstić information content (AvgIpc) is 3.02. The van der Waals surface area contributed by atoms with Gasteiger partial charge in [0.2, 0.25) is 0 Å². The Hall–Kier alpha value is -1.44. The molecule has 1 aromatic rings. The highest BCUT2D eigenvalue weighted by molar-refractivity contribution is 5.21. The molecular formula is C22H36N2. The molecule has 2 nitrogen and oxygen atoms in total. The van der Waals surface area contributed by atoms with E-state index in [-0.39, 0.29) is 0 Å². The Morgan fingerprint density at radius 3 is 1.83 bits per heavy atom. The van der Waals surface area contributed by atoms with Crippen LogP contribution in [0.1, 0.15) is 83.4 Å². The molecule has 0 spiro atoms. The molecule has 134 valence electrons. The van der Waals surface area contributed by atoms with Gasteiger partial charge in [0, 0.05) is 25.5 Å². The van der Waals surface area contributed by atoms with Crippen molar-refractivity contribution in [2.75, 3.05) is 13.1 Å². The fraction of sp³-hybridized carbons (Fsp3) is 0.636. The van der Waals surface area contributed by atoms with Crippen molar-refractivity contribution in [2.24, 2.45) is 0 Å². The third-order valence-corrected chi connectivity index (χ3v) is 4.97. The summed E-state index contributed by atoms with van der Waals surface area (Å²) >= 11 is 0. The molecule has 0 N–H and O–H groups in total. The molecule has 2 heteroatoms. The molecule has 1 aliphatic rings. The van der Waals surface area contributed by atoms with E-state index >= 15 is 0 Å². The summed E-state index contributed by atoms with van der Waals surface area (Å²) in [5, 5.41) is 0. The van der Waals surface area contributed by atoms with Gasteiger partial charge in [0.1, 0.15) is 6.17 Å². The quantitative estimate of drug-likeness (QED) is 0.414. The summed E-state index contributed by atoms with van der Waals surface area (Å²) in [5.74, 6) is 0. The van der Waals surface area contributed by atoms with E-state index in [0.29, 0.717) is 6.17 Å². The number of rotatable bonds is 12. The fourth-order valence-corrected chi connectivity index (χ4v) is 3.52. The second-order valence-corrected chi connectivity index (χ2v) is 7.03. The summed E-state index contributed by atoms with van der Waals surface area (Å²) in [4.78, 5) is 5.05. The molecule has 1 atom stereocenters. The molecule has 0 aliphatic carbocycles. The van der Waals surface area contributed by atoms with Crippen LogP contribution in [0.25, 0.3) is 0 Å². The Bertz CT molecular complexity index is 454. The van der Waals surface area contributed by atoms with E-state index in [1.54, 1.807) is 0 Å². The Labute approximate surface area is 149 Å². The average molecular weight is 329 g/mol. The molecule has 0 amide bonds. The molecular weight excluding hydrogens is 292 g/mol. The van der Waals surface area contributed by atoms with E-state index in [9.17, 15) is 0 Å². The van der Waals surface area contributed by atoms with Crippen molar-refractivity contribution >= 4 is 0 Å². The highest BCUT2D eigenvalue weighted by atomic mass is 15.4. The topological polar surface area (TPSA) is 6.48 Å². The minimum Gasteiger partial charge on any atom is -0.352 e. The first kappa shape index (κ1) is 18.9. The summed E-state index contributed by atoms with van der Waals surface area (Å²) in [6.07, 6.45) is 17.2. The lowest BCUT2D eigenvalue weighted by Crippen LogP contribution is -2.32. The number of nitrogens with zero attached hydrogens (tertiary/aromatic N) is 2. The van der Waals surface area contributed by atoms with Crippen LogP contribution in [0.5, 0.6) is 0 Å². The molecule has 0 bridgehead atoms. The van der Waals surface area contributed by atoms with Gasteiger partial charge in [-0.25, -0.2) is 0 Å². The Kier molecular flexibility index (Phi) is 8.80. The number of hydrogen-bond acceptors (Lipinski definition) is 2. The maximum absolute atomic E-state index is 2.54. The van der Waals surface area contributed by atoms with Crippen molar-refractivity contribution in [1.82, 2.24) is 9.80 Å². The Morgan fingerprint density at radius 1 is 0.667 bits per heavy atom. The van der Waals surface area contributed by atoms with Crippen molar-refractivity contribution in [2.45, 2.75) is 77.8 Å². The van der Waals surface area contributed by atoms with Crippen LogP contribution in [0.15, 0.2) is 42.7 Å². The van der Waals surface area contributed by atoms with Crippen LogP contribution in [0, 0.1) is 0 Å². The summed E-state index contributed by atoms with van der Waals surface area (Å²) in [6, 6.07) is 11.0. The lowest BCUT2D eigenvalue weighted by molar-refractivity contribution is 0.150. The van der Waals surface area contributed by atoms with Gasteiger partial charge in [-0.15, -0.1) is 0 Å². The molecule has 1 heterocycles. The summed E-state index contributed by atoms with van der Waals surface area (Å²) in [7, 11) is 0. The molecule has 1 aliphatic heterocycles. The SMILES string of the molecule is CCCCCCCCCN1C=CN(CCCC)C1c1ccccc1. The van der Waals surface area contributed by atoms with Crippen molar-refractivity contribution in [1.29, 1.82) is 0 Å². The molecule has 24 heavy (non-hydrogen) atoms. The lowest BCUT2D eigenvalue weighted by Gasteiger charge is -2.33. The molecule has 1 unspecified atom stereocenters. The van der Waals surface area contributed by atoms with Gasteiger partial charge in [0.15, 0.2) is 0 Å². The van der Waals surface area contributed by atoms with E-state index in [2.05, 4.69) is 66.4 Å². The predicted octanol–water partition coefficient (Wildman–Crippen LogP) is 6.32. The van der Waals surface area contributed by atoms with Gasteiger partial charge in [-0.05, 0) is 18.4 Å². The fourth-order valence-electron chi connectivity index (χ4n) is 3.52. The van der Waals surface area contributed by atoms with Crippen molar-refractivity contribution in [3.63, 3.8) is 0 Å². The van der Waals surface area contributed by atoms with E-state index in [4.69, 9.17) is 0 Å². The highest BCUT2D eigenvalue weighted by Gasteiger charge is 2.26. The summed E-state index contributed by atoms with van der Waals surface area (Å²) in [6.45, 7) is 6.88. The van der Waals surface area contributed by atoms with Crippen molar-refractivity contribution < 1.29 is 0 Å². The third-order valence-electron chi connectivity index (χ3n) is 4.97. The van der Waals surface area contributed by atoms with Crippen LogP contribution in [-0.2, 0) is 0 Å². The van der Waals surface area contributed by atoms with E-state index in [1.807, 2.05) is 0 Å². The maximum atomic E-state index is 2.54. The zero-order chi connectivity index (χ0) is 17.0. The second kappa shape index (κ2) is 11.2. The smallest absolute Gasteiger partial charge is 0.127 e. The molecule has 2 rings (SSSR count). The van der Waals surface area contributed by atoms with Crippen LogP contribution in [-0.4, -0.2) is 22.9 Å². The molecule has 0 fully saturated rings. The first-order valence-corrected chi connectivity index (χ1v) is 10.1. The largest absolute Gasteiger partial charge is 0.352 e. The number of unbranched alkanes of at least 4 members (excludes halogenated alkanes) is 7. The molecule has 0 saturated heterocycles. The van der Waals surface area contributed by atoms with Crippen LogP contribution < -0.4 is 0 Å². The number of hydrogen-bond donors (Lipinski definition) is 0. The van der Waals surface area contributed by atoms with E-state index in [1.165, 1.54) is 69.9 Å². The summed E-state index contributed by atoms with van der Waals surface area (Å²) < 4.78 is 0. The van der Waals surface area contributed by atoms with Gasteiger partial charge in [-0.3, -0.25) is 0 Å². The molecule has 1 aromatic carbocycles. The zero-order valence-electron chi connectivity index (χ0n) is 15.8. The van der Waals surface area contributed by atoms with Gasteiger partial charge < -0.3 is 9.80 Å². The first-order valence-electron chi connectivity index (χ1n) is 10.1. The van der Waals surface area contributed by atoms with Gasteiger partial charge in [0.05, 0.1) is 0 Å². The minimum absolute atomic E-state index is 0.401. The van der Waals surface area contributed by atoms with E-state index < -0.39 is 0 Å². The lowest BCUT2D eigenvalue weighted by atomic mass is 10.1. The van der Waals surface area contributed by atoms with Gasteiger partial charge in [0.25, 0.3) is 0 Å². The van der Waals surface area contributed by atoms with Crippen LogP contribution in [0.4, 0.5) is 0 Å². The predicted molar refractivity (Wildman–Crippen MR) is 105 cm³/mol. The molecule has 0 saturated carbocycles. The Balaban J connectivity index is 1.82. The minimum atomic E-state index is 0.401. The van der Waals surface area contributed by atoms with Crippen molar-refractivity contribution in [3.05, 3.63) is 48.3 Å². The number of benzene rings is 1. The molecule has 0 aromatic heterocycles. The third kappa shape index (κ3) is 5.89. The van der Waals surface area contributed by atoms with Gasteiger partial charge in [-0.2, -0.15) is 0 Å². The monoisotopic (exact) mass is 328 g/mol. The first-order chi connectivity index (χ1) is 11.9. The van der Waals surface area contributed by atoms with Crippen LogP contribution >= 0.6 is 0 Å². The summed E-state index contributed by atoms with van der Waals surface area (Å²) in [5.41, 5.74) is 1.42. The standard InChI is InChI=1S/C22H36N2/c1-3-5-7-8-9-10-14-18-24-20-19-23(17-6-4-2)22(24)21-15-12-11-13-16-21/h11-13,15-16,19-20,22H,3-10,14,17-18H2,1-2H3. The van der Waals surface area contributed by atoms with Gasteiger partial charge in [-0.1, -0.05) is 89.1 Å². The van der Waals surface area contributed by atoms with Crippen molar-refractivity contribution in [3.8, 4) is 0 Å². The van der Waals surface area contributed by atoms with Crippen LogP contribution in [0.3, 0.4) is 0 Å². The van der Waals surface area contributed by atoms with Gasteiger partial charge >= 0.3 is 0 Å². The second-order valence-electron chi connectivity index (χ2n) is 7.03. The highest BCUT2D eigenvalue weighted by Crippen LogP contribution is 2.31. The van der Waals surface area contributed by atoms with E-state index in [0.717, 1.165) is 6.54 Å². The van der Waals surface area contributed by atoms with Crippen LogP contribution in [0.2, 0.25) is 0 Å². The maximum Gasteiger partial charge on any atom is 0.127 e. The Morgan fingerprint density at radius 2 is 1.21 bits per heavy atom. The molecule has 0 radical (unpaired) electrons. The normalized spacial score (nSPS) is 17.0.